The lowest BCUT2D eigenvalue weighted by molar-refractivity contribution is 1.09. The van der Waals surface area contributed by atoms with Crippen LogP contribution in [0.4, 0.5) is 0 Å². The summed E-state index contributed by atoms with van der Waals surface area (Å²) >= 11 is 7.67. The molecule has 3 aromatic heterocycles. The molecule has 6 heteroatoms. The van der Waals surface area contributed by atoms with Crippen LogP contribution in [-0.4, -0.2) is 14.0 Å². The van der Waals surface area contributed by atoms with E-state index in [9.17, 15) is 4.79 Å². The van der Waals surface area contributed by atoms with Gasteiger partial charge in [-0.05, 0) is 59.7 Å². The van der Waals surface area contributed by atoms with Crippen LogP contribution in [-0.2, 0) is 0 Å². The quantitative estimate of drug-likeness (QED) is 0.241. The van der Waals surface area contributed by atoms with Crippen LogP contribution in [0.2, 0.25) is 5.02 Å². The van der Waals surface area contributed by atoms with Crippen molar-refractivity contribution in [1.29, 1.82) is 0 Å². The number of rotatable bonds is 4. The van der Waals surface area contributed by atoms with Crippen molar-refractivity contribution in [3.63, 3.8) is 0 Å². The zero-order valence-electron chi connectivity index (χ0n) is 20.1. The zero-order valence-corrected chi connectivity index (χ0v) is 21.7. The van der Waals surface area contributed by atoms with Gasteiger partial charge in [0, 0.05) is 16.3 Å². The number of para-hydroxylation sites is 2. The monoisotopic (exact) mass is 529 g/mol. The van der Waals surface area contributed by atoms with E-state index in [1.165, 1.54) is 11.3 Å². The molecule has 0 radical (unpaired) electrons. The van der Waals surface area contributed by atoms with E-state index < -0.39 is 0 Å². The molecule has 3 heterocycles. The second-order valence-corrected chi connectivity index (χ2v) is 10.5. The maximum absolute atomic E-state index is 13.6. The minimum Gasteiger partial charge on any atom is -0.309 e. The van der Waals surface area contributed by atoms with E-state index in [1.54, 1.807) is 4.40 Å². The molecule has 0 fully saturated rings. The molecule has 0 saturated heterocycles. The topological polar surface area (TPSA) is 39.3 Å². The third-order valence-corrected chi connectivity index (χ3v) is 7.88. The Bertz CT molecular complexity index is 2040. The first kappa shape index (κ1) is 22.7. The number of hydrogen-bond acceptors (Lipinski definition) is 3. The van der Waals surface area contributed by atoms with Crippen molar-refractivity contribution >= 4 is 45.0 Å². The molecule has 182 valence electrons. The summed E-state index contributed by atoms with van der Waals surface area (Å²) in [5.41, 5.74) is 7.70. The van der Waals surface area contributed by atoms with E-state index >= 15 is 0 Å². The number of nitrogens with zero attached hydrogens (tertiary/aromatic N) is 3. The van der Waals surface area contributed by atoms with E-state index in [-0.39, 0.29) is 5.56 Å². The van der Waals surface area contributed by atoms with Gasteiger partial charge in [-0.2, -0.15) is 0 Å². The van der Waals surface area contributed by atoms with Gasteiger partial charge in [0.15, 0.2) is 4.96 Å². The molecule has 0 N–H and O–H groups in total. The average Bonchev–Trinajstić information content (AvgIpc) is 3.61. The number of imidazole rings is 1. The fraction of sp³-hybridized carbons (Fsp3) is 0. The summed E-state index contributed by atoms with van der Waals surface area (Å²) < 4.78 is 4.59. The second-order valence-electron chi connectivity index (χ2n) is 9.01. The van der Waals surface area contributed by atoms with Gasteiger partial charge in [-0.3, -0.25) is 4.79 Å². The summed E-state index contributed by atoms with van der Waals surface area (Å²) in [4.78, 5) is 19.0. The van der Waals surface area contributed by atoms with Gasteiger partial charge in [-0.25, -0.2) is 9.38 Å². The highest BCUT2D eigenvalue weighted by Crippen LogP contribution is 2.36. The van der Waals surface area contributed by atoms with E-state index in [0.717, 1.165) is 44.8 Å². The molecule has 4 nitrogen and oxygen atoms in total. The highest BCUT2D eigenvalue weighted by atomic mass is 35.5. The molecule has 0 aliphatic rings. The number of aromatic nitrogens is 3. The van der Waals surface area contributed by atoms with Crippen molar-refractivity contribution in [1.82, 2.24) is 14.0 Å². The fourth-order valence-corrected chi connectivity index (χ4v) is 6.07. The SMILES string of the molecule is O=c1c(=Cc2cc(-c3ccccc3)n(-c3ccc(Cl)cc3)c2-c2ccccc2)sc2nc3ccccc3n12. The van der Waals surface area contributed by atoms with Crippen molar-refractivity contribution in [2.75, 3.05) is 0 Å². The molecular formula is C32H20ClN3OS. The van der Waals surface area contributed by atoms with Crippen molar-refractivity contribution in [3.05, 3.63) is 141 Å². The van der Waals surface area contributed by atoms with Crippen LogP contribution in [0.1, 0.15) is 5.56 Å². The molecule has 38 heavy (non-hydrogen) atoms. The molecule has 0 bridgehead atoms. The maximum atomic E-state index is 13.6. The van der Waals surface area contributed by atoms with Crippen LogP contribution in [0.3, 0.4) is 0 Å². The number of benzene rings is 4. The third kappa shape index (κ3) is 3.76. The Morgan fingerprint density at radius 1 is 0.763 bits per heavy atom. The Morgan fingerprint density at radius 2 is 1.42 bits per heavy atom. The smallest absolute Gasteiger partial charge is 0.274 e. The summed E-state index contributed by atoms with van der Waals surface area (Å²) in [6.07, 6.45) is 2.00. The predicted molar refractivity (Wildman–Crippen MR) is 157 cm³/mol. The second kappa shape index (κ2) is 9.14. The van der Waals surface area contributed by atoms with Crippen molar-refractivity contribution in [2.45, 2.75) is 0 Å². The summed E-state index contributed by atoms with van der Waals surface area (Å²) in [6.45, 7) is 0. The Labute approximate surface area is 227 Å². The first-order valence-corrected chi connectivity index (χ1v) is 13.4. The molecule has 0 amide bonds. The van der Waals surface area contributed by atoms with Gasteiger partial charge in [0.2, 0.25) is 0 Å². The summed E-state index contributed by atoms with van der Waals surface area (Å²) in [7, 11) is 0. The molecule has 0 aliphatic heterocycles. The molecule has 7 rings (SSSR count). The van der Waals surface area contributed by atoms with Crippen molar-refractivity contribution < 1.29 is 0 Å². The van der Waals surface area contributed by atoms with E-state index in [0.29, 0.717) is 14.5 Å². The first-order chi connectivity index (χ1) is 18.7. The van der Waals surface area contributed by atoms with Gasteiger partial charge < -0.3 is 4.57 Å². The molecule has 0 saturated carbocycles. The number of fused-ring (bicyclic) bond motifs is 3. The van der Waals surface area contributed by atoms with Crippen LogP contribution < -0.4 is 10.1 Å². The van der Waals surface area contributed by atoms with E-state index in [2.05, 4.69) is 39.9 Å². The van der Waals surface area contributed by atoms with Crippen LogP contribution in [0, 0.1) is 0 Å². The Kier molecular flexibility index (Phi) is 5.46. The predicted octanol–water partition coefficient (Wildman–Crippen LogP) is 7.24. The van der Waals surface area contributed by atoms with Crippen LogP contribution in [0.25, 0.3) is 50.3 Å². The molecule has 4 aromatic carbocycles. The van der Waals surface area contributed by atoms with Crippen molar-refractivity contribution in [2.24, 2.45) is 0 Å². The molecule has 0 spiro atoms. The Hall–Kier alpha value is -4.45. The third-order valence-electron chi connectivity index (χ3n) is 6.66. The standard InChI is InChI=1S/C32H20ClN3OS/c33-24-15-17-25(18-16-24)35-28(21-9-3-1-4-10-21)19-23(30(35)22-11-5-2-6-12-22)20-29-31(37)36-27-14-8-7-13-26(27)34-32(36)38-29/h1-20H. The lowest BCUT2D eigenvalue weighted by Crippen LogP contribution is -2.22. The molecular weight excluding hydrogens is 510 g/mol. The minimum absolute atomic E-state index is 0.0572. The van der Waals surface area contributed by atoms with Gasteiger partial charge in [-0.1, -0.05) is 95.7 Å². The van der Waals surface area contributed by atoms with Crippen LogP contribution in [0.5, 0.6) is 0 Å². The average molecular weight is 530 g/mol. The van der Waals surface area contributed by atoms with Gasteiger partial charge in [0.05, 0.1) is 27.0 Å². The van der Waals surface area contributed by atoms with Gasteiger partial charge >= 0.3 is 0 Å². The van der Waals surface area contributed by atoms with Gasteiger partial charge in [0.1, 0.15) is 0 Å². The van der Waals surface area contributed by atoms with Gasteiger partial charge in [-0.15, -0.1) is 0 Å². The zero-order chi connectivity index (χ0) is 25.6. The van der Waals surface area contributed by atoms with E-state index in [1.807, 2.05) is 91.0 Å². The highest BCUT2D eigenvalue weighted by molar-refractivity contribution is 7.15. The number of hydrogen-bond donors (Lipinski definition) is 0. The molecule has 0 aliphatic carbocycles. The van der Waals surface area contributed by atoms with Gasteiger partial charge in [0.25, 0.3) is 5.56 Å². The largest absolute Gasteiger partial charge is 0.309 e. The number of thiazole rings is 1. The minimum atomic E-state index is -0.0572. The van der Waals surface area contributed by atoms with Crippen molar-refractivity contribution in [3.8, 4) is 28.2 Å². The number of halogens is 1. The summed E-state index contributed by atoms with van der Waals surface area (Å²) in [6, 6.07) is 38.3. The molecule has 0 unspecified atom stereocenters. The summed E-state index contributed by atoms with van der Waals surface area (Å²) in [5.74, 6) is 0. The van der Waals surface area contributed by atoms with Crippen LogP contribution in [0.15, 0.2) is 120 Å². The maximum Gasteiger partial charge on any atom is 0.274 e. The summed E-state index contributed by atoms with van der Waals surface area (Å²) in [5, 5.41) is 0.681. The first-order valence-electron chi connectivity index (χ1n) is 12.2. The highest BCUT2D eigenvalue weighted by Gasteiger charge is 2.19. The fourth-order valence-electron chi connectivity index (χ4n) is 4.96. The molecule has 0 atom stereocenters. The van der Waals surface area contributed by atoms with E-state index in [4.69, 9.17) is 11.6 Å². The Balaban J connectivity index is 1.56. The Morgan fingerprint density at radius 3 is 2.16 bits per heavy atom. The van der Waals surface area contributed by atoms with Crippen LogP contribution >= 0.6 is 22.9 Å². The molecule has 7 aromatic rings. The lowest BCUT2D eigenvalue weighted by atomic mass is 10.1. The lowest BCUT2D eigenvalue weighted by Gasteiger charge is -2.15. The normalized spacial score (nSPS) is 12.1.